The number of hydrazone groups is 1. The standard InChI is InChI=1S/C22H16BrClN2O4/c1-14-4-7-18(19(24)11-14)22(28)26-25-13-15-12-16(23)5-8-20(15)30-21(27)9-6-17-3-2-10-29-17/h2-13H,1H3,(H,26,28)/b9-6+,25-13+. The molecule has 0 fully saturated rings. The Bertz CT molecular complexity index is 1120. The maximum Gasteiger partial charge on any atom is 0.336 e. The number of furan rings is 1. The maximum atomic E-state index is 12.3. The van der Waals surface area contributed by atoms with Crippen LogP contribution >= 0.6 is 27.5 Å². The van der Waals surface area contributed by atoms with Crippen LogP contribution in [0.15, 0.2) is 74.9 Å². The Morgan fingerprint density at radius 2 is 2.03 bits per heavy atom. The van der Waals surface area contributed by atoms with Crippen molar-refractivity contribution in [3.63, 3.8) is 0 Å². The van der Waals surface area contributed by atoms with Crippen molar-refractivity contribution in [1.29, 1.82) is 0 Å². The maximum absolute atomic E-state index is 12.3. The number of nitrogens with zero attached hydrogens (tertiary/aromatic N) is 1. The zero-order valence-electron chi connectivity index (χ0n) is 15.8. The van der Waals surface area contributed by atoms with Gasteiger partial charge in [0.1, 0.15) is 11.5 Å². The first kappa shape index (κ1) is 21.5. The number of halogens is 2. The Kier molecular flexibility index (Phi) is 7.21. The minimum Gasteiger partial charge on any atom is -0.465 e. The van der Waals surface area contributed by atoms with Crippen LogP contribution < -0.4 is 10.2 Å². The highest BCUT2D eigenvalue weighted by atomic mass is 79.9. The molecule has 30 heavy (non-hydrogen) atoms. The summed E-state index contributed by atoms with van der Waals surface area (Å²) in [7, 11) is 0. The fraction of sp³-hybridized carbons (Fsp3) is 0.0455. The molecule has 3 aromatic rings. The highest BCUT2D eigenvalue weighted by molar-refractivity contribution is 9.10. The van der Waals surface area contributed by atoms with E-state index in [9.17, 15) is 9.59 Å². The normalized spacial score (nSPS) is 11.2. The molecule has 1 amide bonds. The molecule has 1 aromatic heterocycles. The van der Waals surface area contributed by atoms with Crippen LogP contribution in [0.25, 0.3) is 6.08 Å². The van der Waals surface area contributed by atoms with E-state index in [0.717, 1.165) is 10.0 Å². The Labute approximate surface area is 186 Å². The highest BCUT2D eigenvalue weighted by Gasteiger charge is 2.10. The molecule has 0 saturated heterocycles. The molecule has 152 valence electrons. The van der Waals surface area contributed by atoms with Crippen LogP contribution in [0.2, 0.25) is 5.02 Å². The molecule has 0 spiro atoms. The predicted octanol–water partition coefficient (Wildman–Crippen LogP) is 5.39. The van der Waals surface area contributed by atoms with Crippen LogP contribution in [0.1, 0.15) is 27.2 Å². The fourth-order valence-electron chi connectivity index (χ4n) is 2.42. The molecule has 0 unspecified atom stereocenters. The molecule has 0 saturated carbocycles. The first-order valence-electron chi connectivity index (χ1n) is 8.75. The van der Waals surface area contributed by atoms with Gasteiger partial charge in [0.25, 0.3) is 5.91 Å². The molecule has 1 heterocycles. The number of nitrogens with one attached hydrogen (secondary N) is 1. The van der Waals surface area contributed by atoms with Crippen molar-refractivity contribution < 1.29 is 18.7 Å². The van der Waals surface area contributed by atoms with E-state index in [0.29, 0.717) is 21.9 Å². The van der Waals surface area contributed by atoms with Crippen LogP contribution in [-0.4, -0.2) is 18.1 Å². The predicted molar refractivity (Wildman–Crippen MR) is 119 cm³/mol. The highest BCUT2D eigenvalue weighted by Crippen LogP contribution is 2.22. The van der Waals surface area contributed by atoms with Gasteiger partial charge < -0.3 is 9.15 Å². The van der Waals surface area contributed by atoms with E-state index in [4.69, 9.17) is 20.8 Å². The molecule has 0 radical (unpaired) electrons. The molecule has 0 atom stereocenters. The van der Waals surface area contributed by atoms with E-state index in [1.807, 2.05) is 6.92 Å². The lowest BCUT2D eigenvalue weighted by molar-refractivity contribution is -0.128. The zero-order valence-corrected chi connectivity index (χ0v) is 18.1. The van der Waals surface area contributed by atoms with E-state index in [1.54, 1.807) is 48.5 Å². The summed E-state index contributed by atoms with van der Waals surface area (Å²) in [5, 5.41) is 4.29. The van der Waals surface area contributed by atoms with Crippen LogP contribution in [-0.2, 0) is 4.79 Å². The number of rotatable bonds is 6. The molecule has 0 aliphatic rings. The lowest BCUT2D eigenvalue weighted by Crippen LogP contribution is -2.18. The van der Waals surface area contributed by atoms with Crippen molar-refractivity contribution in [2.75, 3.05) is 0 Å². The number of benzene rings is 2. The number of aryl methyl sites for hydroxylation is 1. The quantitative estimate of drug-likeness (QED) is 0.166. The molecular formula is C22H16BrClN2O4. The third kappa shape index (κ3) is 5.92. The average Bonchev–Trinajstić information content (AvgIpc) is 3.22. The largest absolute Gasteiger partial charge is 0.465 e. The van der Waals surface area contributed by atoms with Crippen LogP contribution in [0.3, 0.4) is 0 Å². The van der Waals surface area contributed by atoms with E-state index in [1.165, 1.54) is 24.6 Å². The van der Waals surface area contributed by atoms with Gasteiger partial charge in [0, 0.05) is 16.1 Å². The Morgan fingerprint density at radius 3 is 2.77 bits per heavy atom. The molecule has 1 N–H and O–H groups in total. The average molecular weight is 488 g/mol. The van der Waals surface area contributed by atoms with Crippen molar-refractivity contribution >= 4 is 51.7 Å². The first-order valence-corrected chi connectivity index (χ1v) is 9.92. The summed E-state index contributed by atoms with van der Waals surface area (Å²) >= 11 is 9.46. The fourth-order valence-corrected chi connectivity index (χ4v) is 3.12. The second kappa shape index (κ2) is 10.0. The third-order valence-corrected chi connectivity index (χ3v) is 4.65. The van der Waals surface area contributed by atoms with Crippen molar-refractivity contribution in [2.24, 2.45) is 5.10 Å². The zero-order chi connectivity index (χ0) is 21.5. The van der Waals surface area contributed by atoms with Crippen LogP contribution in [0.5, 0.6) is 5.75 Å². The number of amides is 1. The number of hydrogen-bond acceptors (Lipinski definition) is 5. The van der Waals surface area contributed by atoms with Gasteiger partial charge in [-0.25, -0.2) is 10.2 Å². The lowest BCUT2D eigenvalue weighted by Gasteiger charge is -2.07. The monoisotopic (exact) mass is 486 g/mol. The summed E-state index contributed by atoms with van der Waals surface area (Å²) in [5.74, 6) is -0.231. The summed E-state index contributed by atoms with van der Waals surface area (Å²) < 4.78 is 11.2. The van der Waals surface area contributed by atoms with Crippen LogP contribution in [0.4, 0.5) is 0 Å². The smallest absolute Gasteiger partial charge is 0.336 e. The van der Waals surface area contributed by atoms with Gasteiger partial charge >= 0.3 is 5.97 Å². The van der Waals surface area contributed by atoms with Gasteiger partial charge in [-0.15, -0.1) is 0 Å². The van der Waals surface area contributed by atoms with E-state index in [2.05, 4.69) is 26.5 Å². The minimum absolute atomic E-state index is 0.277. The molecule has 0 bridgehead atoms. The van der Waals surface area contributed by atoms with Gasteiger partial charge in [-0.3, -0.25) is 4.79 Å². The third-order valence-electron chi connectivity index (χ3n) is 3.85. The Balaban J connectivity index is 1.70. The van der Waals surface area contributed by atoms with Crippen LogP contribution in [0, 0.1) is 6.92 Å². The summed E-state index contributed by atoms with van der Waals surface area (Å²) in [6.45, 7) is 1.88. The Morgan fingerprint density at radius 1 is 1.20 bits per heavy atom. The van der Waals surface area contributed by atoms with E-state index < -0.39 is 11.9 Å². The first-order chi connectivity index (χ1) is 14.4. The summed E-state index contributed by atoms with van der Waals surface area (Å²) in [4.78, 5) is 24.4. The molecular weight excluding hydrogens is 472 g/mol. The van der Waals surface area contributed by atoms with Gasteiger partial charge in [0.15, 0.2) is 0 Å². The van der Waals surface area contributed by atoms with E-state index in [-0.39, 0.29) is 5.75 Å². The molecule has 0 aliphatic carbocycles. The van der Waals surface area contributed by atoms with Gasteiger partial charge in [-0.05, 0) is 61.0 Å². The van der Waals surface area contributed by atoms with E-state index >= 15 is 0 Å². The van der Waals surface area contributed by atoms with Crippen molar-refractivity contribution in [1.82, 2.24) is 5.43 Å². The SMILES string of the molecule is Cc1ccc(C(=O)N/N=C/c2cc(Br)ccc2OC(=O)/C=C/c2ccco2)c(Cl)c1. The summed E-state index contributed by atoms with van der Waals surface area (Å²) in [5.41, 5.74) is 4.16. The van der Waals surface area contributed by atoms with Crippen molar-refractivity contribution in [3.05, 3.63) is 92.8 Å². The molecule has 2 aromatic carbocycles. The summed E-state index contributed by atoms with van der Waals surface area (Å²) in [6, 6.07) is 13.6. The topological polar surface area (TPSA) is 80.9 Å². The molecule has 8 heteroatoms. The lowest BCUT2D eigenvalue weighted by atomic mass is 10.1. The van der Waals surface area contributed by atoms with Crippen molar-refractivity contribution in [3.8, 4) is 5.75 Å². The molecule has 3 rings (SSSR count). The number of carbonyl (C=O) groups is 2. The van der Waals surface area contributed by atoms with Gasteiger partial charge in [0.2, 0.25) is 0 Å². The summed E-state index contributed by atoms with van der Waals surface area (Å²) in [6.07, 6.45) is 5.64. The number of carbonyl (C=O) groups excluding carboxylic acids is 2. The number of esters is 1. The number of hydrogen-bond donors (Lipinski definition) is 1. The van der Waals surface area contributed by atoms with Gasteiger partial charge in [0.05, 0.1) is 23.1 Å². The van der Waals surface area contributed by atoms with Crippen molar-refractivity contribution in [2.45, 2.75) is 6.92 Å². The molecule has 6 nitrogen and oxygen atoms in total. The Hall–Kier alpha value is -3.16. The number of ether oxygens (including phenoxy) is 1. The molecule has 0 aliphatic heterocycles. The van der Waals surface area contributed by atoms with Gasteiger partial charge in [-0.1, -0.05) is 33.6 Å². The second-order valence-electron chi connectivity index (χ2n) is 6.13. The second-order valence-corrected chi connectivity index (χ2v) is 7.46. The minimum atomic E-state index is -0.584. The van der Waals surface area contributed by atoms with Gasteiger partial charge in [-0.2, -0.15) is 5.10 Å².